The quantitative estimate of drug-likeness (QED) is 0.624. The topological polar surface area (TPSA) is 38.7 Å². The molecular weight excluding hydrogens is 180 g/mol. The van der Waals surface area contributed by atoms with Crippen LogP contribution < -0.4 is 0 Å². The van der Waals surface area contributed by atoms with Gasteiger partial charge in [0.15, 0.2) is 0 Å². The van der Waals surface area contributed by atoms with Gasteiger partial charge in [0.25, 0.3) is 0 Å². The maximum Gasteiger partial charge on any atom is 0.0617 e. The standard InChI is InChI=1S/C11H24O3/c1-4-5-6-10(13-2)9-11(14-3)7-8-12/h10-12H,4-9H2,1-3H3. The van der Waals surface area contributed by atoms with Crippen LogP contribution in [-0.2, 0) is 9.47 Å². The van der Waals surface area contributed by atoms with E-state index in [1.54, 1.807) is 14.2 Å². The van der Waals surface area contributed by atoms with Crippen molar-refractivity contribution in [3.63, 3.8) is 0 Å². The molecule has 3 nitrogen and oxygen atoms in total. The van der Waals surface area contributed by atoms with Gasteiger partial charge in [-0.05, 0) is 19.3 Å². The first kappa shape index (κ1) is 13.9. The maximum absolute atomic E-state index is 8.81. The summed E-state index contributed by atoms with van der Waals surface area (Å²) in [7, 11) is 3.43. The molecule has 0 saturated carbocycles. The van der Waals surface area contributed by atoms with Crippen LogP contribution in [0.2, 0.25) is 0 Å². The minimum Gasteiger partial charge on any atom is -0.396 e. The van der Waals surface area contributed by atoms with E-state index < -0.39 is 0 Å². The van der Waals surface area contributed by atoms with E-state index in [2.05, 4.69) is 6.92 Å². The summed E-state index contributed by atoms with van der Waals surface area (Å²) >= 11 is 0. The van der Waals surface area contributed by atoms with Crippen molar-refractivity contribution in [3.05, 3.63) is 0 Å². The number of ether oxygens (including phenoxy) is 2. The van der Waals surface area contributed by atoms with Crippen molar-refractivity contribution < 1.29 is 14.6 Å². The van der Waals surface area contributed by atoms with Gasteiger partial charge >= 0.3 is 0 Å². The van der Waals surface area contributed by atoms with E-state index in [0.717, 1.165) is 12.8 Å². The number of rotatable bonds is 9. The third kappa shape index (κ3) is 6.35. The second kappa shape index (κ2) is 9.44. The predicted octanol–water partition coefficient (Wildman–Crippen LogP) is 1.98. The maximum atomic E-state index is 8.81. The van der Waals surface area contributed by atoms with Crippen LogP contribution >= 0.6 is 0 Å². The first-order valence-corrected chi connectivity index (χ1v) is 5.44. The van der Waals surface area contributed by atoms with Crippen molar-refractivity contribution in [2.45, 2.75) is 51.2 Å². The number of aliphatic hydroxyl groups excluding tert-OH is 1. The lowest BCUT2D eigenvalue weighted by Crippen LogP contribution is -2.22. The molecule has 0 heterocycles. The van der Waals surface area contributed by atoms with Gasteiger partial charge in [0.2, 0.25) is 0 Å². The fraction of sp³-hybridized carbons (Fsp3) is 1.00. The molecule has 0 rings (SSSR count). The van der Waals surface area contributed by atoms with E-state index in [-0.39, 0.29) is 18.8 Å². The van der Waals surface area contributed by atoms with Crippen LogP contribution in [0, 0.1) is 0 Å². The minimum atomic E-state index is 0.127. The van der Waals surface area contributed by atoms with Crippen molar-refractivity contribution >= 4 is 0 Å². The summed E-state index contributed by atoms with van der Waals surface area (Å²) < 4.78 is 10.6. The lowest BCUT2D eigenvalue weighted by Gasteiger charge is -2.20. The molecule has 2 atom stereocenters. The van der Waals surface area contributed by atoms with Crippen molar-refractivity contribution in [1.82, 2.24) is 0 Å². The number of aliphatic hydroxyl groups is 1. The van der Waals surface area contributed by atoms with Gasteiger partial charge in [0, 0.05) is 20.8 Å². The average molecular weight is 204 g/mol. The molecule has 0 amide bonds. The van der Waals surface area contributed by atoms with Crippen LogP contribution in [0.5, 0.6) is 0 Å². The van der Waals surface area contributed by atoms with Gasteiger partial charge in [-0.3, -0.25) is 0 Å². The third-order valence-electron chi connectivity index (χ3n) is 2.52. The largest absolute Gasteiger partial charge is 0.396 e. The zero-order chi connectivity index (χ0) is 10.8. The number of hydrogen-bond donors (Lipinski definition) is 1. The van der Waals surface area contributed by atoms with Crippen LogP contribution in [0.4, 0.5) is 0 Å². The first-order valence-electron chi connectivity index (χ1n) is 5.44. The van der Waals surface area contributed by atoms with Gasteiger partial charge in [0.05, 0.1) is 12.2 Å². The highest BCUT2D eigenvalue weighted by atomic mass is 16.5. The Labute approximate surface area is 87.4 Å². The number of hydrogen-bond acceptors (Lipinski definition) is 3. The van der Waals surface area contributed by atoms with Gasteiger partial charge < -0.3 is 14.6 Å². The Bertz CT molecular complexity index is 117. The van der Waals surface area contributed by atoms with E-state index >= 15 is 0 Å². The smallest absolute Gasteiger partial charge is 0.0617 e. The Morgan fingerprint density at radius 2 is 1.64 bits per heavy atom. The van der Waals surface area contributed by atoms with Crippen molar-refractivity contribution in [2.24, 2.45) is 0 Å². The van der Waals surface area contributed by atoms with Crippen LogP contribution in [0.1, 0.15) is 39.0 Å². The Morgan fingerprint density at radius 1 is 1.07 bits per heavy atom. The molecule has 0 aliphatic heterocycles. The van der Waals surface area contributed by atoms with Gasteiger partial charge in [-0.15, -0.1) is 0 Å². The second-order valence-corrected chi connectivity index (χ2v) is 3.61. The monoisotopic (exact) mass is 204 g/mol. The highest BCUT2D eigenvalue weighted by molar-refractivity contribution is 4.66. The SMILES string of the molecule is CCCCC(CC(CCO)OC)OC. The molecule has 86 valence electrons. The van der Waals surface area contributed by atoms with Crippen molar-refractivity contribution in [3.8, 4) is 0 Å². The lowest BCUT2D eigenvalue weighted by atomic mass is 10.0. The summed E-state index contributed by atoms with van der Waals surface area (Å²) in [4.78, 5) is 0. The Hall–Kier alpha value is -0.120. The molecule has 0 radical (unpaired) electrons. The van der Waals surface area contributed by atoms with E-state index in [0.29, 0.717) is 6.42 Å². The predicted molar refractivity (Wildman–Crippen MR) is 57.4 cm³/mol. The molecule has 2 unspecified atom stereocenters. The van der Waals surface area contributed by atoms with Crippen LogP contribution in [-0.4, -0.2) is 38.1 Å². The molecule has 3 heteroatoms. The molecular formula is C11H24O3. The molecule has 0 aromatic rings. The zero-order valence-electron chi connectivity index (χ0n) is 9.66. The molecule has 1 N–H and O–H groups in total. The molecule has 0 bridgehead atoms. The molecule has 0 saturated heterocycles. The van der Waals surface area contributed by atoms with Crippen LogP contribution in [0.25, 0.3) is 0 Å². The molecule has 14 heavy (non-hydrogen) atoms. The van der Waals surface area contributed by atoms with E-state index in [1.165, 1.54) is 12.8 Å². The van der Waals surface area contributed by atoms with Crippen LogP contribution in [0.3, 0.4) is 0 Å². The summed E-state index contributed by atoms with van der Waals surface area (Å²) in [5.41, 5.74) is 0. The third-order valence-corrected chi connectivity index (χ3v) is 2.52. The summed E-state index contributed by atoms with van der Waals surface area (Å²) in [6, 6.07) is 0. The summed E-state index contributed by atoms with van der Waals surface area (Å²) in [5.74, 6) is 0. The highest BCUT2D eigenvalue weighted by Crippen LogP contribution is 2.13. The Balaban J connectivity index is 3.75. The molecule has 0 aliphatic rings. The number of methoxy groups -OCH3 is 2. The summed E-state index contributed by atoms with van der Waals surface area (Å²) in [6.07, 6.45) is 5.44. The second-order valence-electron chi connectivity index (χ2n) is 3.61. The summed E-state index contributed by atoms with van der Waals surface area (Å²) in [6.45, 7) is 2.36. The van der Waals surface area contributed by atoms with Crippen molar-refractivity contribution in [1.29, 1.82) is 0 Å². The molecule has 0 aromatic heterocycles. The zero-order valence-corrected chi connectivity index (χ0v) is 9.66. The highest BCUT2D eigenvalue weighted by Gasteiger charge is 2.14. The minimum absolute atomic E-state index is 0.127. The molecule has 0 spiro atoms. The summed E-state index contributed by atoms with van der Waals surface area (Å²) in [5, 5.41) is 8.81. The molecule has 0 aliphatic carbocycles. The average Bonchev–Trinajstić information content (AvgIpc) is 2.22. The molecule has 0 fully saturated rings. The van der Waals surface area contributed by atoms with Gasteiger partial charge in [-0.1, -0.05) is 19.8 Å². The first-order chi connectivity index (χ1) is 6.78. The fourth-order valence-electron chi connectivity index (χ4n) is 1.53. The van der Waals surface area contributed by atoms with E-state index in [9.17, 15) is 0 Å². The van der Waals surface area contributed by atoms with E-state index in [1.807, 2.05) is 0 Å². The fourth-order valence-corrected chi connectivity index (χ4v) is 1.53. The lowest BCUT2D eigenvalue weighted by molar-refractivity contribution is 0.00798. The van der Waals surface area contributed by atoms with E-state index in [4.69, 9.17) is 14.6 Å². The number of unbranched alkanes of at least 4 members (excludes halogenated alkanes) is 1. The Morgan fingerprint density at radius 3 is 2.07 bits per heavy atom. The van der Waals surface area contributed by atoms with Gasteiger partial charge in [-0.25, -0.2) is 0 Å². The van der Waals surface area contributed by atoms with Gasteiger partial charge in [0.1, 0.15) is 0 Å². The molecule has 0 aromatic carbocycles. The van der Waals surface area contributed by atoms with Crippen LogP contribution in [0.15, 0.2) is 0 Å². The van der Waals surface area contributed by atoms with Crippen molar-refractivity contribution in [2.75, 3.05) is 20.8 Å². The normalized spacial score (nSPS) is 15.4. The Kier molecular flexibility index (Phi) is 9.35. The van der Waals surface area contributed by atoms with Gasteiger partial charge in [-0.2, -0.15) is 0 Å².